The summed E-state index contributed by atoms with van der Waals surface area (Å²) in [5.41, 5.74) is 6.42. The summed E-state index contributed by atoms with van der Waals surface area (Å²) in [5, 5.41) is 3.84. The van der Waals surface area contributed by atoms with E-state index in [1.807, 2.05) is 32.9 Å². The maximum absolute atomic E-state index is 12.2. The number of carbonyl (C=O) groups is 1. The molecule has 9 nitrogen and oxygen atoms in total. The number of halogens is 1. The molecule has 1 N–H and O–H groups in total. The van der Waals surface area contributed by atoms with Crippen molar-refractivity contribution in [1.82, 2.24) is 19.9 Å². The van der Waals surface area contributed by atoms with Crippen molar-refractivity contribution < 1.29 is 19.0 Å². The van der Waals surface area contributed by atoms with E-state index >= 15 is 0 Å². The number of pyridine rings is 1. The van der Waals surface area contributed by atoms with Crippen LogP contribution in [0.4, 0.5) is 10.5 Å². The van der Waals surface area contributed by atoms with Gasteiger partial charge in [0.1, 0.15) is 28.4 Å². The highest BCUT2D eigenvalue weighted by Gasteiger charge is 2.28. The van der Waals surface area contributed by atoms with E-state index in [4.69, 9.17) is 30.8 Å². The van der Waals surface area contributed by atoms with Gasteiger partial charge in [0.15, 0.2) is 17.6 Å². The minimum Gasteiger partial charge on any atom is -0.484 e. The number of ether oxygens (including phenoxy) is 3. The highest BCUT2D eigenvalue weighted by molar-refractivity contribution is 7.22. The Bertz CT molecular complexity index is 1700. The predicted molar refractivity (Wildman–Crippen MR) is 146 cm³/mol. The molecule has 0 aliphatic carbocycles. The number of hydrogen-bond donors (Lipinski definition) is 1. The van der Waals surface area contributed by atoms with Gasteiger partial charge in [-0.1, -0.05) is 11.6 Å². The lowest BCUT2D eigenvalue weighted by molar-refractivity contribution is 0.0384. The molecular weight excluding hydrogens is 526 g/mol. The molecule has 1 atom stereocenters. The van der Waals surface area contributed by atoms with E-state index in [0.29, 0.717) is 27.7 Å². The molecule has 0 bridgehead atoms. The Morgan fingerprint density at radius 2 is 1.97 bits per heavy atom. The molecule has 3 aromatic heterocycles. The summed E-state index contributed by atoms with van der Waals surface area (Å²) < 4.78 is 18.3. The fourth-order valence-electron chi connectivity index (χ4n) is 4.19. The number of nitrogens with one attached hydrogen (secondary N) is 1. The first-order valence-corrected chi connectivity index (χ1v) is 13.1. The van der Waals surface area contributed by atoms with Crippen LogP contribution in [-0.2, 0) is 4.74 Å². The summed E-state index contributed by atoms with van der Waals surface area (Å²) in [5.74, 6) is 1.05. The third-order valence-electron chi connectivity index (χ3n) is 5.95. The van der Waals surface area contributed by atoms with Crippen molar-refractivity contribution in [1.29, 1.82) is 0 Å². The van der Waals surface area contributed by atoms with Crippen molar-refractivity contribution in [2.24, 2.45) is 0 Å². The molecule has 1 amide bonds. The number of aromatic nitrogens is 4. The Morgan fingerprint density at radius 1 is 1.11 bits per heavy atom. The number of aryl methyl sites for hydroxylation is 3. The van der Waals surface area contributed by atoms with E-state index in [9.17, 15) is 4.79 Å². The number of carbonyl (C=O) groups excluding carboxylic acids is 1. The molecule has 0 fully saturated rings. The number of nitrogens with zero attached hydrogens (tertiary/aromatic N) is 4. The van der Waals surface area contributed by atoms with Crippen LogP contribution in [0.3, 0.4) is 0 Å². The van der Waals surface area contributed by atoms with Crippen LogP contribution >= 0.6 is 22.9 Å². The second-order valence-electron chi connectivity index (χ2n) is 9.04. The largest absolute Gasteiger partial charge is 0.484 e. The van der Waals surface area contributed by atoms with Crippen LogP contribution < -0.4 is 14.8 Å². The fourth-order valence-corrected chi connectivity index (χ4v) is 5.59. The lowest BCUT2D eigenvalue weighted by Gasteiger charge is -2.26. The molecule has 1 aliphatic rings. The van der Waals surface area contributed by atoms with Gasteiger partial charge in [-0.3, -0.25) is 15.3 Å². The Labute approximate surface area is 226 Å². The molecule has 192 valence electrons. The number of fused-ring (bicyclic) bond motifs is 4. The molecule has 2 aromatic carbocycles. The molecule has 6 rings (SSSR count). The third kappa shape index (κ3) is 4.68. The molecule has 38 heavy (non-hydrogen) atoms. The second kappa shape index (κ2) is 9.70. The van der Waals surface area contributed by atoms with Crippen LogP contribution in [0.1, 0.15) is 17.0 Å². The van der Waals surface area contributed by atoms with Gasteiger partial charge < -0.3 is 14.2 Å². The highest BCUT2D eigenvalue weighted by Crippen LogP contribution is 2.47. The van der Waals surface area contributed by atoms with Gasteiger partial charge in [0.05, 0.1) is 33.6 Å². The van der Waals surface area contributed by atoms with Gasteiger partial charge >= 0.3 is 6.09 Å². The zero-order chi connectivity index (χ0) is 26.4. The van der Waals surface area contributed by atoms with Crippen molar-refractivity contribution in [2.75, 3.05) is 18.5 Å². The maximum Gasteiger partial charge on any atom is 0.411 e. The fraction of sp³-hybridized carbons (Fsp3) is 0.222. The average Bonchev–Trinajstić information content (AvgIpc) is 3.34. The van der Waals surface area contributed by atoms with Gasteiger partial charge in [-0.2, -0.15) is 0 Å². The van der Waals surface area contributed by atoms with E-state index in [1.165, 1.54) is 11.3 Å². The second-order valence-corrected chi connectivity index (χ2v) is 10.4. The van der Waals surface area contributed by atoms with Gasteiger partial charge in [0.25, 0.3) is 0 Å². The molecule has 0 unspecified atom stereocenters. The van der Waals surface area contributed by atoms with Gasteiger partial charge in [0.2, 0.25) is 0 Å². The topological polar surface area (TPSA) is 108 Å². The molecule has 0 radical (unpaired) electrons. The molecule has 1 aliphatic heterocycles. The number of amides is 1. The molecule has 11 heteroatoms. The van der Waals surface area contributed by atoms with Crippen LogP contribution in [0.15, 0.2) is 42.7 Å². The Balaban J connectivity index is 1.24. The Kier molecular flexibility index (Phi) is 6.21. The zero-order valence-corrected chi connectivity index (χ0v) is 22.3. The van der Waals surface area contributed by atoms with E-state index in [0.717, 1.165) is 43.3 Å². The lowest BCUT2D eigenvalue weighted by atomic mass is 10.1. The summed E-state index contributed by atoms with van der Waals surface area (Å²) in [4.78, 5) is 30.4. The molecular formula is C27H22ClN5O4S. The van der Waals surface area contributed by atoms with Crippen molar-refractivity contribution in [3.05, 3.63) is 64.7 Å². The summed E-state index contributed by atoms with van der Waals surface area (Å²) in [6.07, 6.45) is 2.22. The SMILES string of the molecule is Cc1cc(-c2nc3c(Cl)cc4c(c3s2)OC[C@H](COC(=O)Nc2ccc(C)nc2)O4)c2ncc(C)nc2c1. The van der Waals surface area contributed by atoms with E-state index in [-0.39, 0.29) is 13.2 Å². The van der Waals surface area contributed by atoms with Gasteiger partial charge in [-0.05, 0) is 50.6 Å². The van der Waals surface area contributed by atoms with Crippen molar-refractivity contribution in [2.45, 2.75) is 26.9 Å². The van der Waals surface area contributed by atoms with Crippen molar-refractivity contribution in [3.63, 3.8) is 0 Å². The summed E-state index contributed by atoms with van der Waals surface area (Å²) in [6.45, 7) is 6.01. The molecule has 0 saturated carbocycles. The van der Waals surface area contributed by atoms with Crippen LogP contribution in [-0.4, -0.2) is 45.3 Å². The van der Waals surface area contributed by atoms with E-state index < -0.39 is 12.2 Å². The van der Waals surface area contributed by atoms with Crippen LogP contribution in [0.25, 0.3) is 31.8 Å². The maximum atomic E-state index is 12.2. The van der Waals surface area contributed by atoms with Crippen molar-refractivity contribution in [3.8, 4) is 22.1 Å². The quantitative estimate of drug-likeness (QED) is 0.280. The third-order valence-corrected chi connectivity index (χ3v) is 7.32. The lowest BCUT2D eigenvalue weighted by Crippen LogP contribution is -2.35. The summed E-state index contributed by atoms with van der Waals surface area (Å²) >= 11 is 8.08. The number of hydrogen-bond acceptors (Lipinski definition) is 9. The average molecular weight is 548 g/mol. The molecule has 5 aromatic rings. The standard InChI is InChI=1S/C27H22ClN5O4S/c1-13-6-18(22-20(7-13)31-15(3)9-30-22)26-33-23-19(28)8-21-24(25(23)38-26)35-11-17(37-21)12-36-27(34)32-16-5-4-14(2)29-10-16/h4-10,17H,11-12H2,1-3H3,(H,32,34)/t17-/m1/s1. The molecule has 0 spiro atoms. The van der Waals surface area contributed by atoms with Crippen LogP contribution in [0, 0.1) is 20.8 Å². The van der Waals surface area contributed by atoms with Gasteiger partial charge in [-0.25, -0.2) is 14.8 Å². The van der Waals surface area contributed by atoms with Crippen molar-refractivity contribution >= 4 is 56.0 Å². The van der Waals surface area contributed by atoms with E-state index in [1.54, 1.807) is 30.6 Å². The number of benzene rings is 2. The van der Waals surface area contributed by atoms with Gasteiger partial charge in [-0.15, -0.1) is 11.3 Å². The monoisotopic (exact) mass is 547 g/mol. The Morgan fingerprint density at radius 3 is 2.79 bits per heavy atom. The predicted octanol–water partition coefficient (Wildman–Crippen LogP) is 6.27. The van der Waals surface area contributed by atoms with Gasteiger partial charge in [0, 0.05) is 23.5 Å². The first-order chi connectivity index (χ1) is 18.3. The first kappa shape index (κ1) is 24.3. The molecule has 0 saturated heterocycles. The zero-order valence-electron chi connectivity index (χ0n) is 20.7. The number of anilines is 1. The summed E-state index contributed by atoms with van der Waals surface area (Å²) in [7, 11) is 0. The Hall–Kier alpha value is -4.02. The number of thiazole rings is 1. The normalized spacial score (nSPS) is 14.6. The molecule has 4 heterocycles. The first-order valence-electron chi connectivity index (χ1n) is 11.9. The minimum absolute atomic E-state index is 0.00152. The van der Waals surface area contributed by atoms with Crippen LogP contribution in [0.2, 0.25) is 5.02 Å². The van der Waals surface area contributed by atoms with E-state index in [2.05, 4.69) is 20.3 Å². The summed E-state index contributed by atoms with van der Waals surface area (Å²) in [6, 6.07) is 9.30. The number of rotatable bonds is 4. The minimum atomic E-state index is -0.602. The van der Waals surface area contributed by atoms with Crippen LogP contribution in [0.5, 0.6) is 11.5 Å². The smallest absolute Gasteiger partial charge is 0.411 e. The highest BCUT2D eigenvalue weighted by atomic mass is 35.5.